The third-order valence-corrected chi connectivity index (χ3v) is 3.34. The average molecular weight is 258 g/mol. The third-order valence-electron chi connectivity index (χ3n) is 3.05. The van der Waals surface area contributed by atoms with Gasteiger partial charge in [-0.15, -0.1) is 0 Å². The first-order valence-electron chi connectivity index (χ1n) is 6.33. The first-order valence-corrected chi connectivity index (χ1v) is 6.74. The molecule has 1 aliphatic heterocycles. The lowest BCUT2D eigenvalue weighted by atomic mass is 10.0. The molecule has 0 aromatic heterocycles. The SMILES string of the molecule is CCC(NC(=O)CCC1CCCCO1)C(N)=S. The number of nitrogens with one attached hydrogen (secondary N) is 1. The summed E-state index contributed by atoms with van der Waals surface area (Å²) in [5, 5.41) is 2.85. The summed E-state index contributed by atoms with van der Waals surface area (Å²) in [5.74, 6) is 0.0128. The summed E-state index contributed by atoms with van der Waals surface area (Å²) in [6.45, 7) is 2.78. The molecule has 0 aromatic rings. The smallest absolute Gasteiger partial charge is 0.220 e. The average Bonchev–Trinajstić information content (AvgIpc) is 2.34. The van der Waals surface area contributed by atoms with Crippen molar-refractivity contribution in [3.05, 3.63) is 0 Å². The number of hydrogen-bond donors (Lipinski definition) is 2. The second kappa shape index (κ2) is 7.61. The molecule has 0 aromatic carbocycles. The molecule has 5 heteroatoms. The number of nitrogens with two attached hydrogens (primary N) is 1. The third kappa shape index (κ3) is 5.46. The monoisotopic (exact) mass is 258 g/mol. The van der Waals surface area contributed by atoms with Gasteiger partial charge in [0.2, 0.25) is 5.91 Å². The van der Waals surface area contributed by atoms with Crippen molar-refractivity contribution in [2.75, 3.05) is 6.61 Å². The van der Waals surface area contributed by atoms with Gasteiger partial charge in [-0.05, 0) is 32.1 Å². The lowest BCUT2D eigenvalue weighted by molar-refractivity contribution is -0.122. The lowest BCUT2D eigenvalue weighted by Gasteiger charge is -2.22. The van der Waals surface area contributed by atoms with Crippen LogP contribution in [0.5, 0.6) is 0 Å². The molecule has 1 fully saturated rings. The quantitative estimate of drug-likeness (QED) is 0.709. The Kier molecular flexibility index (Phi) is 6.44. The highest BCUT2D eigenvalue weighted by molar-refractivity contribution is 7.80. The maximum Gasteiger partial charge on any atom is 0.220 e. The van der Waals surface area contributed by atoms with Crippen LogP contribution in [0.1, 0.15) is 45.4 Å². The summed E-state index contributed by atoms with van der Waals surface area (Å²) in [7, 11) is 0. The van der Waals surface area contributed by atoms with Gasteiger partial charge >= 0.3 is 0 Å². The van der Waals surface area contributed by atoms with Crippen LogP contribution in [0, 0.1) is 0 Å². The van der Waals surface area contributed by atoms with E-state index in [0.29, 0.717) is 11.4 Å². The zero-order chi connectivity index (χ0) is 12.7. The molecule has 1 amide bonds. The zero-order valence-corrected chi connectivity index (χ0v) is 11.2. The van der Waals surface area contributed by atoms with Gasteiger partial charge in [0.1, 0.15) is 0 Å². The van der Waals surface area contributed by atoms with E-state index in [-0.39, 0.29) is 18.1 Å². The van der Waals surface area contributed by atoms with Gasteiger partial charge in [0, 0.05) is 13.0 Å². The number of carbonyl (C=O) groups excluding carboxylic acids is 1. The minimum Gasteiger partial charge on any atom is -0.392 e. The van der Waals surface area contributed by atoms with Crippen LogP contribution in [0.3, 0.4) is 0 Å². The van der Waals surface area contributed by atoms with Crippen molar-refractivity contribution < 1.29 is 9.53 Å². The van der Waals surface area contributed by atoms with Crippen LogP contribution < -0.4 is 11.1 Å². The largest absolute Gasteiger partial charge is 0.392 e. The molecule has 0 spiro atoms. The molecule has 1 saturated heterocycles. The van der Waals surface area contributed by atoms with Crippen LogP contribution in [0.25, 0.3) is 0 Å². The normalized spacial score (nSPS) is 21.8. The minimum atomic E-state index is -0.176. The molecule has 0 bridgehead atoms. The highest BCUT2D eigenvalue weighted by atomic mass is 32.1. The van der Waals surface area contributed by atoms with E-state index in [4.69, 9.17) is 22.7 Å². The first kappa shape index (κ1) is 14.4. The van der Waals surface area contributed by atoms with E-state index in [1.807, 2.05) is 6.92 Å². The molecular weight excluding hydrogens is 236 g/mol. The van der Waals surface area contributed by atoms with Crippen LogP contribution in [-0.2, 0) is 9.53 Å². The Morgan fingerprint density at radius 1 is 1.59 bits per heavy atom. The summed E-state index contributed by atoms with van der Waals surface area (Å²) < 4.78 is 5.58. The van der Waals surface area contributed by atoms with Crippen molar-refractivity contribution in [2.24, 2.45) is 5.73 Å². The van der Waals surface area contributed by atoms with E-state index in [0.717, 1.165) is 32.3 Å². The van der Waals surface area contributed by atoms with Crippen molar-refractivity contribution in [2.45, 2.75) is 57.6 Å². The maximum atomic E-state index is 11.7. The van der Waals surface area contributed by atoms with Gasteiger partial charge in [0.25, 0.3) is 0 Å². The molecule has 98 valence electrons. The van der Waals surface area contributed by atoms with Crippen LogP contribution >= 0.6 is 12.2 Å². The fourth-order valence-corrected chi connectivity index (χ4v) is 2.19. The van der Waals surface area contributed by atoms with Gasteiger partial charge in [-0.2, -0.15) is 0 Å². The number of amides is 1. The standard InChI is InChI=1S/C12H22N2O2S/c1-2-10(12(13)17)14-11(15)7-6-9-5-3-4-8-16-9/h9-10H,2-8H2,1H3,(H2,13,17)(H,14,15). The highest BCUT2D eigenvalue weighted by Gasteiger charge is 2.17. The molecule has 1 heterocycles. The summed E-state index contributed by atoms with van der Waals surface area (Å²) >= 11 is 4.88. The Morgan fingerprint density at radius 3 is 2.88 bits per heavy atom. The fraction of sp³-hybridized carbons (Fsp3) is 0.833. The minimum absolute atomic E-state index is 0.0128. The number of carbonyl (C=O) groups is 1. The summed E-state index contributed by atoms with van der Waals surface area (Å²) in [6.07, 6.45) is 5.68. The van der Waals surface area contributed by atoms with Crippen LogP contribution in [0.2, 0.25) is 0 Å². The first-order chi connectivity index (χ1) is 8.13. The fourth-order valence-electron chi connectivity index (χ4n) is 1.97. The van der Waals surface area contributed by atoms with Crippen molar-refractivity contribution in [3.63, 3.8) is 0 Å². The van der Waals surface area contributed by atoms with Crippen molar-refractivity contribution in [1.29, 1.82) is 0 Å². The Bertz CT molecular complexity index is 265. The molecule has 0 aliphatic carbocycles. The molecular formula is C12H22N2O2S. The van der Waals surface area contributed by atoms with Crippen molar-refractivity contribution in [3.8, 4) is 0 Å². The molecule has 0 saturated carbocycles. The van der Waals surface area contributed by atoms with E-state index in [1.54, 1.807) is 0 Å². The molecule has 4 nitrogen and oxygen atoms in total. The highest BCUT2D eigenvalue weighted by Crippen LogP contribution is 2.16. The van der Waals surface area contributed by atoms with E-state index in [1.165, 1.54) is 6.42 Å². The topological polar surface area (TPSA) is 64.3 Å². The second-order valence-electron chi connectivity index (χ2n) is 4.46. The van der Waals surface area contributed by atoms with Crippen LogP contribution in [-0.4, -0.2) is 29.6 Å². The zero-order valence-electron chi connectivity index (χ0n) is 10.4. The number of ether oxygens (including phenoxy) is 1. The van der Waals surface area contributed by atoms with E-state index >= 15 is 0 Å². The molecule has 0 radical (unpaired) electrons. The van der Waals surface area contributed by atoms with Gasteiger partial charge in [0.05, 0.1) is 17.1 Å². The molecule has 2 unspecified atom stereocenters. The van der Waals surface area contributed by atoms with Gasteiger partial charge < -0.3 is 15.8 Å². The van der Waals surface area contributed by atoms with E-state index < -0.39 is 0 Å². The Labute approximate surface area is 108 Å². The molecule has 1 rings (SSSR count). The van der Waals surface area contributed by atoms with Gasteiger partial charge in [-0.3, -0.25) is 4.79 Å². The Morgan fingerprint density at radius 2 is 2.35 bits per heavy atom. The van der Waals surface area contributed by atoms with Crippen molar-refractivity contribution >= 4 is 23.1 Å². The predicted octanol–water partition coefficient (Wildman–Crippen LogP) is 1.52. The molecule has 1 aliphatic rings. The number of thiocarbonyl (C=S) groups is 1. The Hall–Kier alpha value is -0.680. The lowest BCUT2D eigenvalue weighted by Crippen LogP contribution is -2.43. The predicted molar refractivity (Wildman–Crippen MR) is 71.8 cm³/mol. The van der Waals surface area contributed by atoms with Gasteiger partial charge in [0.15, 0.2) is 0 Å². The molecule has 2 atom stereocenters. The van der Waals surface area contributed by atoms with E-state index in [2.05, 4.69) is 5.32 Å². The Balaban J connectivity index is 2.21. The molecule has 17 heavy (non-hydrogen) atoms. The summed E-state index contributed by atoms with van der Waals surface area (Å²) in [5.41, 5.74) is 5.53. The second-order valence-corrected chi connectivity index (χ2v) is 4.93. The summed E-state index contributed by atoms with van der Waals surface area (Å²) in [4.78, 5) is 12.0. The number of hydrogen-bond acceptors (Lipinski definition) is 3. The molecule has 3 N–H and O–H groups in total. The summed E-state index contributed by atoms with van der Waals surface area (Å²) in [6, 6.07) is -0.176. The maximum absolute atomic E-state index is 11.7. The van der Waals surface area contributed by atoms with E-state index in [9.17, 15) is 4.79 Å². The van der Waals surface area contributed by atoms with Crippen molar-refractivity contribution in [1.82, 2.24) is 5.32 Å². The van der Waals surface area contributed by atoms with Gasteiger partial charge in [-0.1, -0.05) is 19.1 Å². The van der Waals surface area contributed by atoms with Crippen LogP contribution in [0.4, 0.5) is 0 Å². The van der Waals surface area contributed by atoms with Crippen LogP contribution in [0.15, 0.2) is 0 Å². The number of rotatable bonds is 6. The van der Waals surface area contributed by atoms with Gasteiger partial charge in [-0.25, -0.2) is 0 Å².